The smallest absolute Gasteiger partial charge is 0.337 e. The molecule has 2 heterocycles. The fraction of sp³-hybridized carbons (Fsp3) is 0.0476. The highest BCUT2D eigenvalue weighted by Gasteiger charge is 2.08. The molecule has 6 heteroatoms. The van der Waals surface area contributed by atoms with Crippen molar-refractivity contribution in [1.29, 1.82) is 0 Å². The molecule has 0 fully saturated rings. The summed E-state index contributed by atoms with van der Waals surface area (Å²) in [7, 11) is 1.34. The average molecular weight is 357 g/mol. The van der Waals surface area contributed by atoms with Crippen LogP contribution in [-0.2, 0) is 4.74 Å². The minimum Gasteiger partial charge on any atom is -0.465 e. The highest BCUT2D eigenvalue weighted by molar-refractivity contribution is 5.89. The van der Waals surface area contributed by atoms with Crippen LogP contribution in [0.1, 0.15) is 10.4 Å². The number of carbonyl (C=O) groups is 1. The fourth-order valence-electron chi connectivity index (χ4n) is 2.59. The second-order valence-corrected chi connectivity index (χ2v) is 5.73. The van der Waals surface area contributed by atoms with E-state index in [2.05, 4.69) is 19.7 Å². The largest absolute Gasteiger partial charge is 0.465 e. The molecule has 0 unspecified atom stereocenters. The molecular weight excluding hydrogens is 342 g/mol. The maximum absolute atomic E-state index is 11.5. The zero-order valence-electron chi connectivity index (χ0n) is 14.5. The molecule has 0 spiro atoms. The predicted octanol–water partition coefficient (Wildman–Crippen LogP) is 4.27. The van der Waals surface area contributed by atoms with Gasteiger partial charge in [-0.25, -0.2) is 19.7 Å². The van der Waals surface area contributed by atoms with Crippen LogP contribution in [0.25, 0.3) is 22.4 Å². The molecule has 132 valence electrons. The van der Waals surface area contributed by atoms with Crippen LogP contribution in [0, 0.1) is 0 Å². The Labute approximate surface area is 155 Å². The summed E-state index contributed by atoms with van der Waals surface area (Å²) in [6.45, 7) is 0. The summed E-state index contributed by atoms with van der Waals surface area (Å²) < 4.78 is 10.5. The van der Waals surface area contributed by atoms with Crippen molar-refractivity contribution in [2.75, 3.05) is 7.11 Å². The number of fused-ring (bicyclic) bond motifs is 1. The number of methoxy groups -OCH3 is 1. The van der Waals surface area contributed by atoms with Gasteiger partial charge in [0, 0.05) is 17.6 Å². The number of aromatic nitrogens is 3. The van der Waals surface area contributed by atoms with Crippen LogP contribution in [0.2, 0.25) is 0 Å². The van der Waals surface area contributed by atoms with Crippen molar-refractivity contribution >= 4 is 16.9 Å². The van der Waals surface area contributed by atoms with Crippen molar-refractivity contribution in [2.45, 2.75) is 0 Å². The molecule has 0 saturated heterocycles. The lowest BCUT2D eigenvalue weighted by Crippen LogP contribution is -2.00. The van der Waals surface area contributed by atoms with Crippen LogP contribution in [0.3, 0.4) is 0 Å². The first-order chi connectivity index (χ1) is 13.2. The standard InChI is InChI=1S/C21H15N3O3/c1-26-21(25)14-9-11-16(12-10-14)27-19-8-4-7-18(23-19)20-22-13-15-5-2-3-6-17(15)24-20/h2-13H,1H3. The van der Waals surface area contributed by atoms with Gasteiger partial charge in [0.15, 0.2) is 5.82 Å². The number of benzene rings is 2. The van der Waals surface area contributed by atoms with Crippen LogP contribution in [0.5, 0.6) is 11.6 Å². The molecule has 0 amide bonds. The van der Waals surface area contributed by atoms with E-state index >= 15 is 0 Å². The van der Waals surface area contributed by atoms with Gasteiger partial charge < -0.3 is 9.47 Å². The molecule has 0 saturated carbocycles. The van der Waals surface area contributed by atoms with Crippen molar-refractivity contribution in [3.8, 4) is 23.1 Å². The van der Waals surface area contributed by atoms with Crippen LogP contribution in [0.4, 0.5) is 0 Å². The number of para-hydroxylation sites is 1. The van der Waals surface area contributed by atoms with Crippen LogP contribution in [0.15, 0.2) is 72.9 Å². The molecule has 0 atom stereocenters. The minimum atomic E-state index is -0.393. The van der Waals surface area contributed by atoms with Crippen LogP contribution in [-0.4, -0.2) is 28.0 Å². The summed E-state index contributed by atoms with van der Waals surface area (Å²) in [6.07, 6.45) is 1.78. The Morgan fingerprint density at radius 2 is 1.70 bits per heavy atom. The third kappa shape index (κ3) is 3.59. The molecule has 0 N–H and O–H groups in total. The van der Waals surface area contributed by atoms with Crippen LogP contribution >= 0.6 is 0 Å². The lowest BCUT2D eigenvalue weighted by Gasteiger charge is -2.07. The van der Waals surface area contributed by atoms with Gasteiger partial charge in [-0.3, -0.25) is 0 Å². The van der Waals surface area contributed by atoms with Crippen molar-refractivity contribution in [2.24, 2.45) is 0 Å². The lowest BCUT2D eigenvalue weighted by atomic mass is 10.2. The van der Waals surface area contributed by atoms with E-state index < -0.39 is 5.97 Å². The summed E-state index contributed by atoms with van der Waals surface area (Å²) in [4.78, 5) is 24.9. The number of carbonyl (C=O) groups excluding carboxylic acids is 1. The Bertz CT molecular complexity index is 1110. The van der Waals surface area contributed by atoms with Gasteiger partial charge in [0.2, 0.25) is 5.88 Å². The van der Waals surface area contributed by atoms with E-state index in [0.29, 0.717) is 28.7 Å². The van der Waals surface area contributed by atoms with E-state index in [0.717, 1.165) is 10.9 Å². The third-order valence-electron chi connectivity index (χ3n) is 3.94. The second-order valence-electron chi connectivity index (χ2n) is 5.73. The maximum Gasteiger partial charge on any atom is 0.337 e. The van der Waals surface area contributed by atoms with Gasteiger partial charge in [-0.1, -0.05) is 24.3 Å². The zero-order valence-corrected chi connectivity index (χ0v) is 14.5. The fourth-order valence-corrected chi connectivity index (χ4v) is 2.59. The van der Waals surface area contributed by atoms with Crippen LogP contribution < -0.4 is 4.74 Å². The molecule has 4 aromatic rings. The van der Waals surface area contributed by atoms with E-state index in [1.165, 1.54) is 7.11 Å². The molecule has 6 nitrogen and oxygen atoms in total. The summed E-state index contributed by atoms with van der Waals surface area (Å²) in [5.74, 6) is 1.11. The van der Waals surface area contributed by atoms with Crippen molar-refractivity contribution in [3.63, 3.8) is 0 Å². The molecular formula is C21H15N3O3. The molecule has 27 heavy (non-hydrogen) atoms. The van der Waals surface area contributed by atoms with E-state index in [1.54, 1.807) is 36.5 Å². The molecule has 0 aliphatic rings. The minimum absolute atomic E-state index is 0.393. The van der Waals surface area contributed by atoms with Gasteiger partial charge in [-0.15, -0.1) is 0 Å². The summed E-state index contributed by atoms with van der Waals surface area (Å²) >= 11 is 0. The summed E-state index contributed by atoms with van der Waals surface area (Å²) in [6, 6.07) is 19.8. The van der Waals surface area contributed by atoms with E-state index in [-0.39, 0.29) is 0 Å². The van der Waals surface area contributed by atoms with Crippen molar-refractivity contribution in [1.82, 2.24) is 15.0 Å². The first-order valence-corrected chi connectivity index (χ1v) is 8.28. The third-order valence-corrected chi connectivity index (χ3v) is 3.94. The number of rotatable bonds is 4. The Kier molecular flexibility index (Phi) is 4.45. The summed E-state index contributed by atoms with van der Waals surface area (Å²) in [5.41, 5.74) is 1.93. The van der Waals surface area contributed by atoms with Gasteiger partial charge in [-0.2, -0.15) is 0 Å². The number of hydrogen-bond acceptors (Lipinski definition) is 6. The zero-order chi connectivity index (χ0) is 18.6. The normalized spacial score (nSPS) is 10.6. The lowest BCUT2D eigenvalue weighted by molar-refractivity contribution is 0.0600. The van der Waals surface area contributed by atoms with E-state index in [4.69, 9.17) is 4.74 Å². The summed E-state index contributed by atoms with van der Waals surface area (Å²) in [5, 5.41) is 0.972. The predicted molar refractivity (Wildman–Crippen MR) is 101 cm³/mol. The Balaban J connectivity index is 1.59. The topological polar surface area (TPSA) is 74.2 Å². The number of nitrogens with zero attached hydrogens (tertiary/aromatic N) is 3. The van der Waals surface area contributed by atoms with Gasteiger partial charge in [0.25, 0.3) is 0 Å². The highest BCUT2D eigenvalue weighted by Crippen LogP contribution is 2.23. The molecule has 0 radical (unpaired) electrons. The SMILES string of the molecule is COC(=O)c1ccc(Oc2cccc(-c3ncc4ccccc4n3)n2)cc1. The molecule has 0 aliphatic heterocycles. The van der Waals surface area contributed by atoms with Gasteiger partial charge >= 0.3 is 5.97 Å². The van der Waals surface area contributed by atoms with Crippen molar-refractivity contribution in [3.05, 3.63) is 78.5 Å². The molecule has 4 rings (SSSR count). The first-order valence-electron chi connectivity index (χ1n) is 8.28. The Hall–Kier alpha value is -3.80. The molecule has 0 bridgehead atoms. The van der Waals surface area contributed by atoms with Crippen molar-refractivity contribution < 1.29 is 14.3 Å². The number of hydrogen-bond donors (Lipinski definition) is 0. The Morgan fingerprint density at radius 1 is 0.889 bits per heavy atom. The average Bonchev–Trinajstić information content (AvgIpc) is 2.73. The van der Waals surface area contributed by atoms with E-state index in [9.17, 15) is 4.79 Å². The number of ether oxygens (including phenoxy) is 2. The quantitative estimate of drug-likeness (QED) is 0.508. The number of pyridine rings is 1. The monoisotopic (exact) mass is 357 g/mol. The Morgan fingerprint density at radius 3 is 2.52 bits per heavy atom. The van der Waals surface area contributed by atoms with Gasteiger partial charge in [0.1, 0.15) is 11.4 Å². The molecule has 2 aromatic heterocycles. The van der Waals surface area contributed by atoms with Gasteiger partial charge in [0.05, 0.1) is 18.2 Å². The first kappa shape index (κ1) is 16.7. The molecule has 0 aliphatic carbocycles. The van der Waals surface area contributed by atoms with E-state index in [1.807, 2.05) is 36.4 Å². The highest BCUT2D eigenvalue weighted by atomic mass is 16.5. The van der Waals surface area contributed by atoms with Gasteiger partial charge in [-0.05, 0) is 36.4 Å². The molecule has 2 aromatic carbocycles. The maximum atomic E-state index is 11.5. The second kappa shape index (κ2) is 7.21. The number of esters is 1.